The molecule has 1 saturated heterocycles. The SMILES string of the molecule is CCC1C(=O)N(C)c2cnc(-n3ccnc3-c3cnccn3)nc2N1C1CCOCC1. The highest BCUT2D eigenvalue weighted by molar-refractivity contribution is 6.04. The molecule has 1 fully saturated rings. The lowest BCUT2D eigenvalue weighted by molar-refractivity contribution is -0.120. The van der Waals surface area contributed by atoms with Crippen LogP contribution in [0.15, 0.2) is 37.2 Å². The highest BCUT2D eigenvalue weighted by Gasteiger charge is 2.41. The summed E-state index contributed by atoms with van der Waals surface area (Å²) in [7, 11) is 1.79. The van der Waals surface area contributed by atoms with Crippen LogP contribution in [0, 0.1) is 0 Å². The summed E-state index contributed by atoms with van der Waals surface area (Å²) in [4.78, 5) is 39.4. The second-order valence-electron chi connectivity index (χ2n) is 7.66. The first-order valence-corrected chi connectivity index (χ1v) is 10.5. The molecule has 5 rings (SSSR count). The minimum absolute atomic E-state index is 0.0701. The largest absolute Gasteiger partial charge is 0.381 e. The van der Waals surface area contributed by atoms with Gasteiger partial charge in [0.15, 0.2) is 11.6 Å². The highest BCUT2D eigenvalue weighted by atomic mass is 16.5. The van der Waals surface area contributed by atoms with E-state index in [2.05, 4.69) is 24.8 Å². The quantitative estimate of drug-likeness (QED) is 0.630. The van der Waals surface area contributed by atoms with Crippen molar-refractivity contribution in [2.75, 3.05) is 30.1 Å². The fourth-order valence-electron chi connectivity index (χ4n) is 4.34. The number of carbonyl (C=O) groups is 1. The van der Waals surface area contributed by atoms with Crippen molar-refractivity contribution in [3.05, 3.63) is 37.2 Å². The zero-order valence-electron chi connectivity index (χ0n) is 17.5. The molecule has 0 spiro atoms. The molecule has 3 aromatic rings. The first-order chi connectivity index (χ1) is 15.2. The molecule has 0 saturated carbocycles. The normalized spacial score (nSPS) is 19.5. The van der Waals surface area contributed by atoms with E-state index in [1.54, 1.807) is 53.7 Å². The van der Waals surface area contributed by atoms with Crippen LogP contribution >= 0.6 is 0 Å². The van der Waals surface area contributed by atoms with Gasteiger partial charge in [-0.15, -0.1) is 0 Å². The van der Waals surface area contributed by atoms with Crippen molar-refractivity contribution in [3.8, 4) is 17.5 Å². The molecule has 10 heteroatoms. The summed E-state index contributed by atoms with van der Waals surface area (Å²) in [6, 6.07) is -0.0642. The molecule has 1 amide bonds. The number of rotatable bonds is 4. The monoisotopic (exact) mass is 420 g/mol. The molecule has 10 nitrogen and oxygen atoms in total. The number of anilines is 2. The molecule has 0 bridgehead atoms. The lowest BCUT2D eigenvalue weighted by Gasteiger charge is -2.45. The third-order valence-corrected chi connectivity index (χ3v) is 5.91. The van der Waals surface area contributed by atoms with E-state index in [0.29, 0.717) is 42.8 Å². The maximum absolute atomic E-state index is 13.1. The van der Waals surface area contributed by atoms with Gasteiger partial charge in [0.25, 0.3) is 0 Å². The standard InChI is InChI=1S/C21H24N8O2/c1-3-16-20(30)27(2)17-13-25-21(26-19(17)29(16)14-4-10-31-11-5-14)28-9-8-24-18(28)15-12-22-6-7-23-15/h6-9,12-14,16H,3-5,10-11H2,1-2H3. The highest BCUT2D eigenvalue weighted by Crippen LogP contribution is 2.38. The van der Waals surface area contributed by atoms with Crippen LogP contribution in [0.2, 0.25) is 0 Å². The van der Waals surface area contributed by atoms with Crippen LogP contribution in [0.25, 0.3) is 17.5 Å². The van der Waals surface area contributed by atoms with Crippen molar-refractivity contribution in [1.82, 2.24) is 29.5 Å². The summed E-state index contributed by atoms with van der Waals surface area (Å²) >= 11 is 0. The maximum atomic E-state index is 13.1. The molecule has 160 valence electrons. The van der Waals surface area contributed by atoms with Crippen molar-refractivity contribution < 1.29 is 9.53 Å². The van der Waals surface area contributed by atoms with Gasteiger partial charge in [-0.1, -0.05) is 6.92 Å². The van der Waals surface area contributed by atoms with Gasteiger partial charge in [-0.25, -0.2) is 15.0 Å². The number of nitrogens with zero attached hydrogens (tertiary/aromatic N) is 8. The van der Waals surface area contributed by atoms with Gasteiger partial charge in [0.2, 0.25) is 11.9 Å². The van der Waals surface area contributed by atoms with Crippen molar-refractivity contribution in [1.29, 1.82) is 0 Å². The first-order valence-electron chi connectivity index (χ1n) is 10.5. The third-order valence-electron chi connectivity index (χ3n) is 5.91. The van der Waals surface area contributed by atoms with Crippen LogP contribution in [-0.4, -0.2) is 67.7 Å². The van der Waals surface area contributed by atoms with Crippen molar-refractivity contribution in [2.45, 2.75) is 38.3 Å². The number of ether oxygens (including phenoxy) is 1. The van der Waals surface area contributed by atoms with Gasteiger partial charge in [-0.3, -0.25) is 14.3 Å². The molecule has 0 aromatic carbocycles. The number of hydrogen-bond donors (Lipinski definition) is 0. The molecular formula is C21H24N8O2. The predicted octanol–water partition coefficient (Wildman–Crippen LogP) is 1.86. The van der Waals surface area contributed by atoms with Gasteiger partial charge in [0, 0.05) is 51.1 Å². The van der Waals surface area contributed by atoms with Crippen LogP contribution in [-0.2, 0) is 9.53 Å². The summed E-state index contributed by atoms with van der Waals surface area (Å²) in [5.74, 6) is 1.93. The number of carbonyl (C=O) groups excluding carboxylic acids is 1. The van der Waals surface area contributed by atoms with E-state index in [1.807, 2.05) is 6.92 Å². The summed E-state index contributed by atoms with van der Waals surface area (Å²) in [6.45, 7) is 3.42. The molecular weight excluding hydrogens is 396 g/mol. The second-order valence-corrected chi connectivity index (χ2v) is 7.66. The maximum Gasteiger partial charge on any atom is 0.249 e. The number of hydrogen-bond acceptors (Lipinski definition) is 8. The average Bonchev–Trinajstić information content (AvgIpc) is 3.32. The molecule has 3 aromatic heterocycles. The Hall–Kier alpha value is -3.40. The van der Waals surface area contributed by atoms with Crippen LogP contribution in [0.5, 0.6) is 0 Å². The topological polar surface area (TPSA) is 102 Å². The number of likely N-dealkylation sites (N-methyl/N-ethyl adjacent to an activating group) is 1. The van der Waals surface area contributed by atoms with Crippen LogP contribution in [0.4, 0.5) is 11.5 Å². The molecule has 0 N–H and O–H groups in total. The number of imidazole rings is 1. The van der Waals surface area contributed by atoms with Gasteiger partial charge in [0.05, 0.1) is 12.4 Å². The van der Waals surface area contributed by atoms with E-state index in [-0.39, 0.29) is 18.0 Å². The minimum Gasteiger partial charge on any atom is -0.381 e. The summed E-state index contributed by atoms with van der Waals surface area (Å²) in [5.41, 5.74) is 1.35. The molecule has 2 aliphatic heterocycles. The van der Waals surface area contributed by atoms with E-state index in [0.717, 1.165) is 18.7 Å². The Balaban J connectivity index is 1.62. The molecule has 1 atom stereocenters. The zero-order valence-corrected chi connectivity index (χ0v) is 17.5. The molecule has 5 heterocycles. The van der Waals surface area contributed by atoms with E-state index in [4.69, 9.17) is 9.72 Å². The zero-order chi connectivity index (χ0) is 21.4. The minimum atomic E-state index is -0.259. The Morgan fingerprint density at radius 2 is 1.94 bits per heavy atom. The summed E-state index contributed by atoms with van der Waals surface area (Å²) < 4.78 is 7.36. The Kier molecular flexibility index (Phi) is 5.06. The van der Waals surface area contributed by atoms with Crippen molar-refractivity contribution in [3.63, 3.8) is 0 Å². The molecule has 0 aliphatic carbocycles. The number of aromatic nitrogens is 6. The second kappa shape index (κ2) is 8.03. The van der Waals surface area contributed by atoms with Crippen molar-refractivity contribution in [2.24, 2.45) is 0 Å². The molecule has 1 unspecified atom stereocenters. The smallest absolute Gasteiger partial charge is 0.249 e. The van der Waals surface area contributed by atoms with Gasteiger partial charge < -0.3 is 14.5 Å². The fourth-order valence-corrected chi connectivity index (χ4v) is 4.34. The summed E-state index contributed by atoms with van der Waals surface area (Å²) in [5, 5.41) is 0. The van der Waals surface area contributed by atoms with E-state index in [9.17, 15) is 4.79 Å². The Morgan fingerprint density at radius 3 is 2.68 bits per heavy atom. The van der Waals surface area contributed by atoms with E-state index < -0.39 is 0 Å². The van der Waals surface area contributed by atoms with Crippen LogP contribution < -0.4 is 9.80 Å². The van der Waals surface area contributed by atoms with Gasteiger partial charge in [0.1, 0.15) is 17.4 Å². The lowest BCUT2D eigenvalue weighted by atomic mass is 9.99. The van der Waals surface area contributed by atoms with E-state index >= 15 is 0 Å². The molecule has 31 heavy (non-hydrogen) atoms. The van der Waals surface area contributed by atoms with Crippen LogP contribution in [0.3, 0.4) is 0 Å². The summed E-state index contributed by atoms with van der Waals surface area (Å²) in [6.07, 6.45) is 12.5. The number of amides is 1. The fraction of sp³-hybridized carbons (Fsp3) is 0.429. The molecule has 0 radical (unpaired) electrons. The van der Waals surface area contributed by atoms with Gasteiger partial charge >= 0.3 is 0 Å². The number of fused-ring (bicyclic) bond motifs is 1. The van der Waals surface area contributed by atoms with Gasteiger partial charge in [-0.2, -0.15) is 4.98 Å². The lowest BCUT2D eigenvalue weighted by Crippen LogP contribution is -2.57. The van der Waals surface area contributed by atoms with E-state index in [1.165, 1.54) is 0 Å². The first kappa shape index (κ1) is 19.6. The Labute approximate surface area is 179 Å². The predicted molar refractivity (Wildman–Crippen MR) is 114 cm³/mol. The van der Waals surface area contributed by atoms with Gasteiger partial charge in [-0.05, 0) is 19.3 Å². The third kappa shape index (κ3) is 3.32. The molecule has 2 aliphatic rings. The van der Waals surface area contributed by atoms with Crippen molar-refractivity contribution >= 4 is 17.4 Å². The Morgan fingerprint density at radius 1 is 1.10 bits per heavy atom. The Bertz CT molecular complexity index is 1080. The average molecular weight is 420 g/mol. The van der Waals surface area contributed by atoms with Crippen LogP contribution in [0.1, 0.15) is 26.2 Å².